The normalized spacial score (nSPS) is 18.1. The quantitative estimate of drug-likeness (QED) is 0.145. The predicted molar refractivity (Wildman–Crippen MR) is 155 cm³/mol. The fourth-order valence-electron chi connectivity index (χ4n) is 5.14. The molecule has 0 aliphatic carbocycles. The van der Waals surface area contributed by atoms with Crippen molar-refractivity contribution < 1.29 is 33.8 Å². The number of piperidine rings is 2. The van der Waals surface area contributed by atoms with E-state index in [4.69, 9.17) is 4.74 Å². The van der Waals surface area contributed by atoms with Gasteiger partial charge in [-0.3, -0.25) is 24.0 Å². The molecule has 2 aliphatic rings. The summed E-state index contributed by atoms with van der Waals surface area (Å²) < 4.78 is 5.49. The lowest BCUT2D eigenvalue weighted by atomic mass is 9.92. The lowest BCUT2D eigenvalue weighted by molar-refractivity contribution is -0.144. The Balaban J connectivity index is 1.63. The summed E-state index contributed by atoms with van der Waals surface area (Å²) in [6.07, 6.45) is 6.30. The second kappa shape index (κ2) is 16.8. The number of unbranched alkanes of at least 4 members (excludes halogenated alkanes) is 1. The maximum atomic E-state index is 13.6. The SMILES string of the molecule is CCCCNC(=O)COc1ccc(C(=O)N(N[C@@H](C)C(=O)O)C(=O)[C@@H]2CCCN(C(=O)CCC3CCNCC3)C2)cc1. The van der Waals surface area contributed by atoms with Crippen LogP contribution < -0.4 is 20.8 Å². The van der Waals surface area contributed by atoms with Crippen molar-refractivity contribution in [2.24, 2.45) is 11.8 Å². The molecule has 1 aromatic carbocycles. The van der Waals surface area contributed by atoms with E-state index in [0.29, 0.717) is 44.0 Å². The Kier molecular flexibility index (Phi) is 13.2. The van der Waals surface area contributed by atoms with Gasteiger partial charge in [0.15, 0.2) is 6.61 Å². The first-order chi connectivity index (χ1) is 20.2. The van der Waals surface area contributed by atoms with Crippen LogP contribution in [-0.2, 0) is 19.2 Å². The molecule has 0 radical (unpaired) electrons. The number of amides is 4. The van der Waals surface area contributed by atoms with E-state index in [-0.39, 0.29) is 30.5 Å². The van der Waals surface area contributed by atoms with Crippen LogP contribution in [0.5, 0.6) is 5.75 Å². The third-order valence-corrected chi connectivity index (χ3v) is 7.79. The summed E-state index contributed by atoms with van der Waals surface area (Å²) in [5.74, 6) is -2.52. The van der Waals surface area contributed by atoms with E-state index >= 15 is 0 Å². The van der Waals surface area contributed by atoms with Crippen molar-refractivity contribution in [1.29, 1.82) is 0 Å². The summed E-state index contributed by atoms with van der Waals surface area (Å²) in [6, 6.07) is 4.73. The van der Waals surface area contributed by atoms with Gasteiger partial charge in [-0.05, 0) is 88.7 Å². The average Bonchev–Trinajstić information content (AvgIpc) is 3.01. The molecule has 12 nitrogen and oxygen atoms in total. The predicted octanol–water partition coefficient (Wildman–Crippen LogP) is 1.95. The molecule has 2 atom stereocenters. The fourth-order valence-corrected chi connectivity index (χ4v) is 5.14. The Bertz CT molecular complexity index is 1070. The molecule has 4 N–H and O–H groups in total. The van der Waals surface area contributed by atoms with Crippen LogP contribution in [0.15, 0.2) is 24.3 Å². The van der Waals surface area contributed by atoms with Crippen molar-refractivity contribution in [3.8, 4) is 5.75 Å². The molecule has 0 spiro atoms. The number of carboxylic acids is 1. The minimum Gasteiger partial charge on any atom is -0.484 e. The van der Waals surface area contributed by atoms with Crippen LogP contribution >= 0.6 is 0 Å². The van der Waals surface area contributed by atoms with E-state index < -0.39 is 29.7 Å². The highest BCUT2D eigenvalue weighted by Crippen LogP contribution is 2.23. The molecule has 2 aliphatic heterocycles. The zero-order chi connectivity index (χ0) is 30.5. The van der Waals surface area contributed by atoms with Crippen LogP contribution in [0.25, 0.3) is 0 Å². The molecule has 0 saturated carbocycles. The van der Waals surface area contributed by atoms with Crippen molar-refractivity contribution in [1.82, 2.24) is 26.0 Å². The number of carbonyl (C=O) groups excluding carboxylic acids is 4. The summed E-state index contributed by atoms with van der Waals surface area (Å²) in [5, 5.41) is 16.3. The van der Waals surface area contributed by atoms with E-state index in [2.05, 4.69) is 16.1 Å². The molecule has 1 aromatic rings. The largest absolute Gasteiger partial charge is 0.484 e. The minimum atomic E-state index is -1.22. The van der Waals surface area contributed by atoms with Crippen LogP contribution in [0.3, 0.4) is 0 Å². The van der Waals surface area contributed by atoms with Crippen molar-refractivity contribution in [2.45, 2.75) is 71.3 Å². The third-order valence-electron chi connectivity index (χ3n) is 7.79. The number of carbonyl (C=O) groups is 5. The molecule has 2 saturated heterocycles. The van der Waals surface area contributed by atoms with Gasteiger partial charge >= 0.3 is 5.97 Å². The number of aliphatic carboxylic acids is 1. The van der Waals surface area contributed by atoms with Gasteiger partial charge in [-0.15, -0.1) is 0 Å². The number of hydrazine groups is 1. The van der Waals surface area contributed by atoms with E-state index in [1.807, 2.05) is 6.92 Å². The maximum absolute atomic E-state index is 13.6. The minimum absolute atomic E-state index is 0.00501. The van der Waals surface area contributed by atoms with Gasteiger partial charge in [0.05, 0.1) is 5.92 Å². The highest BCUT2D eigenvalue weighted by atomic mass is 16.5. The number of hydrogen-bond acceptors (Lipinski definition) is 8. The Morgan fingerprint density at radius 2 is 1.83 bits per heavy atom. The van der Waals surface area contributed by atoms with Gasteiger partial charge in [0.1, 0.15) is 11.8 Å². The second-order valence-corrected chi connectivity index (χ2v) is 11.1. The fraction of sp³-hybridized carbons (Fsp3) is 0.633. The number of nitrogens with zero attached hydrogens (tertiary/aromatic N) is 2. The number of benzene rings is 1. The first-order valence-corrected chi connectivity index (χ1v) is 15.0. The highest BCUT2D eigenvalue weighted by molar-refractivity contribution is 6.05. The first-order valence-electron chi connectivity index (χ1n) is 15.0. The van der Waals surface area contributed by atoms with Crippen molar-refractivity contribution >= 4 is 29.6 Å². The first kappa shape index (κ1) is 33.0. The number of ether oxygens (including phenoxy) is 1. The standard InChI is InChI=1S/C30H45N5O7/c1-3-4-15-32-26(36)20-42-25-10-8-23(9-11-25)28(38)35(33-21(2)30(40)41)29(39)24-6-5-18-34(19-24)27(37)12-7-22-13-16-31-17-14-22/h8-11,21-22,24,31,33H,3-7,12-20H2,1-2H3,(H,32,36)(H,40,41)/t21-,24+/m0/s1. The Morgan fingerprint density at radius 3 is 2.50 bits per heavy atom. The molecular formula is C30H45N5O7. The molecule has 0 bridgehead atoms. The van der Waals surface area contributed by atoms with Crippen LogP contribution in [0.4, 0.5) is 0 Å². The van der Waals surface area contributed by atoms with E-state index in [9.17, 15) is 29.1 Å². The summed E-state index contributed by atoms with van der Waals surface area (Å²) in [4.78, 5) is 65.2. The van der Waals surface area contributed by atoms with Crippen LogP contribution in [0, 0.1) is 11.8 Å². The molecule has 42 heavy (non-hydrogen) atoms. The Morgan fingerprint density at radius 1 is 1.12 bits per heavy atom. The van der Waals surface area contributed by atoms with Crippen LogP contribution in [-0.4, -0.2) is 90.0 Å². The molecule has 4 amide bonds. The maximum Gasteiger partial charge on any atom is 0.322 e. The van der Waals surface area contributed by atoms with Crippen molar-refractivity contribution in [2.75, 3.05) is 39.3 Å². The van der Waals surface area contributed by atoms with Gasteiger partial charge in [-0.2, -0.15) is 0 Å². The number of hydrogen-bond donors (Lipinski definition) is 4. The summed E-state index contributed by atoms with van der Waals surface area (Å²) >= 11 is 0. The summed E-state index contributed by atoms with van der Waals surface area (Å²) in [6.45, 7) is 6.45. The van der Waals surface area contributed by atoms with E-state index in [0.717, 1.165) is 50.2 Å². The van der Waals surface area contributed by atoms with E-state index in [1.54, 1.807) is 4.90 Å². The Hall–Kier alpha value is -3.51. The van der Waals surface area contributed by atoms with Crippen LogP contribution in [0.1, 0.15) is 75.6 Å². The third kappa shape index (κ3) is 10.1. The Labute approximate surface area is 247 Å². The topological polar surface area (TPSA) is 157 Å². The number of carboxylic acid groups (broad SMARTS) is 1. The second-order valence-electron chi connectivity index (χ2n) is 11.1. The van der Waals surface area contributed by atoms with Gasteiger partial charge in [0.25, 0.3) is 11.8 Å². The smallest absolute Gasteiger partial charge is 0.322 e. The zero-order valence-corrected chi connectivity index (χ0v) is 24.7. The lowest BCUT2D eigenvalue weighted by Crippen LogP contribution is -2.56. The van der Waals surface area contributed by atoms with Crippen molar-refractivity contribution in [3.63, 3.8) is 0 Å². The molecule has 0 aromatic heterocycles. The van der Waals surface area contributed by atoms with Gasteiger partial charge in [0.2, 0.25) is 11.8 Å². The van der Waals surface area contributed by atoms with Gasteiger partial charge in [-0.1, -0.05) is 13.3 Å². The molecular weight excluding hydrogens is 542 g/mol. The molecule has 2 fully saturated rings. The number of likely N-dealkylation sites (tertiary alicyclic amines) is 1. The van der Waals surface area contributed by atoms with Crippen LogP contribution in [0.2, 0.25) is 0 Å². The van der Waals surface area contributed by atoms with Gasteiger partial charge < -0.3 is 25.4 Å². The zero-order valence-electron chi connectivity index (χ0n) is 24.7. The summed E-state index contributed by atoms with van der Waals surface area (Å²) in [7, 11) is 0. The highest BCUT2D eigenvalue weighted by Gasteiger charge is 2.35. The monoisotopic (exact) mass is 587 g/mol. The van der Waals surface area contributed by atoms with Crippen molar-refractivity contribution in [3.05, 3.63) is 29.8 Å². The van der Waals surface area contributed by atoms with Gasteiger partial charge in [-0.25, -0.2) is 10.4 Å². The number of nitrogens with one attached hydrogen (secondary N) is 3. The average molecular weight is 588 g/mol. The molecule has 12 heteroatoms. The number of rotatable bonds is 14. The number of imide groups is 1. The summed E-state index contributed by atoms with van der Waals surface area (Å²) in [5.41, 5.74) is 2.68. The molecule has 0 unspecified atom stereocenters. The molecule has 3 rings (SSSR count). The van der Waals surface area contributed by atoms with E-state index in [1.165, 1.54) is 31.2 Å². The molecule has 232 valence electrons. The van der Waals surface area contributed by atoms with Gasteiger partial charge in [0, 0.05) is 31.6 Å². The lowest BCUT2D eigenvalue weighted by Gasteiger charge is -2.35. The molecule has 2 heterocycles.